The number of carboxylic acid groups (broad SMARTS) is 1. The number of benzene rings is 1. The van der Waals surface area contributed by atoms with Crippen molar-refractivity contribution >= 4 is 34.3 Å². The van der Waals surface area contributed by atoms with Crippen LogP contribution < -0.4 is 10.3 Å². The van der Waals surface area contributed by atoms with E-state index >= 15 is 0 Å². The number of aryl methyl sites for hydroxylation is 1. The minimum atomic E-state index is -1.17. The van der Waals surface area contributed by atoms with Crippen LogP contribution in [0.5, 0.6) is 0 Å². The minimum absolute atomic E-state index is 0.158. The van der Waals surface area contributed by atoms with Crippen LogP contribution in [0.1, 0.15) is 10.4 Å². The smallest absolute Gasteiger partial charge is 0.341 e. The van der Waals surface area contributed by atoms with E-state index in [1.165, 1.54) is 6.20 Å². The summed E-state index contributed by atoms with van der Waals surface area (Å²) >= 11 is 1.72. The summed E-state index contributed by atoms with van der Waals surface area (Å²) in [4.78, 5) is 27.2. The number of thioether (sulfide) groups is 1. The van der Waals surface area contributed by atoms with Gasteiger partial charge in [0.1, 0.15) is 5.56 Å². The summed E-state index contributed by atoms with van der Waals surface area (Å²) in [6, 6.07) is 3.94. The van der Waals surface area contributed by atoms with E-state index in [-0.39, 0.29) is 5.56 Å². The number of aromatic nitrogens is 1. The summed E-state index contributed by atoms with van der Waals surface area (Å²) in [6.45, 7) is 3.61. The Hall–Kier alpha value is -1.99. The van der Waals surface area contributed by atoms with Gasteiger partial charge in [0.2, 0.25) is 5.43 Å². The van der Waals surface area contributed by atoms with Crippen LogP contribution >= 0.6 is 11.8 Å². The van der Waals surface area contributed by atoms with Crippen LogP contribution in [0.15, 0.2) is 28.0 Å². The first-order valence-corrected chi connectivity index (χ1v) is 8.54. The SMILES string of the molecule is O=C(O)c1cn2c3c(cc(N4CCOCC4)cc3c1=O)SCC2. The van der Waals surface area contributed by atoms with Gasteiger partial charge in [0.25, 0.3) is 0 Å². The van der Waals surface area contributed by atoms with Crippen molar-refractivity contribution in [2.24, 2.45) is 0 Å². The topological polar surface area (TPSA) is 71.8 Å². The van der Waals surface area contributed by atoms with Crippen LogP contribution in [0, 0.1) is 0 Å². The number of hydrogen-bond acceptors (Lipinski definition) is 5. The Kier molecular flexibility index (Phi) is 3.54. The molecule has 1 fully saturated rings. The molecule has 0 bridgehead atoms. The van der Waals surface area contributed by atoms with Crippen LogP contribution in [0.25, 0.3) is 10.9 Å². The molecule has 23 heavy (non-hydrogen) atoms. The monoisotopic (exact) mass is 332 g/mol. The molecule has 0 saturated carbocycles. The third-order valence-electron chi connectivity index (χ3n) is 4.32. The van der Waals surface area contributed by atoms with Gasteiger partial charge in [-0.3, -0.25) is 4.79 Å². The summed E-state index contributed by atoms with van der Waals surface area (Å²) < 4.78 is 7.28. The molecule has 7 heteroatoms. The molecule has 1 aromatic heterocycles. The van der Waals surface area contributed by atoms with Crippen molar-refractivity contribution in [3.63, 3.8) is 0 Å². The highest BCUT2D eigenvalue weighted by molar-refractivity contribution is 7.99. The van der Waals surface area contributed by atoms with E-state index in [4.69, 9.17) is 4.74 Å². The van der Waals surface area contributed by atoms with Crippen molar-refractivity contribution < 1.29 is 14.6 Å². The Morgan fingerprint density at radius 2 is 2.00 bits per heavy atom. The van der Waals surface area contributed by atoms with Gasteiger partial charge in [0.15, 0.2) is 0 Å². The van der Waals surface area contributed by atoms with E-state index in [0.717, 1.165) is 34.9 Å². The zero-order chi connectivity index (χ0) is 16.0. The third kappa shape index (κ3) is 2.40. The molecule has 6 nitrogen and oxygen atoms in total. The van der Waals surface area contributed by atoms with Gasteiger partial charge in [-0.2, -0.15) is 0 Å². The van der Waals surface area contributed by atoms with Gasteiger partial charge < -0.3 is 19.3 Å². The summed E-state index contributed by atoms with van der Waals surface area (Å²) in [5.41, 5.74) is 1.27. The summed E-state index contributed by atoms with van der Waals surface area (Å²) in [5.74, 6) is -0.298. The summed E-state index contributed by atoms with van der Waals surface area (Å²) in [6.07, 6.45) is 1.48. The van der Waals surface area contributed by atoms with E-state index in [0.29, 0.717) is 25.1 Å². The van der Waals surface area contributed by atoms with Crippen LogP contribution in [0.3, 0.4) is 0 Å². The largest absolute Gasteiger partial charge is 0.477 e. The maximum absolute atomic E-state index is 12.6. The predicted octanol–water partition coefficient (Wildman–Crippen LogP) is 1.64. The number of nitrogens with zero attached hydrogens (tertiary/aromatic N) is 2. The fraction of sp³-hybridized carbons (Fsp3) is 0.375. The Morgan fingerprint density at radius 3 is 2.74 bits per heavy atom. The number of anilines is 1. The Balaban J connectivity index is 1.97. The second-order valence-corrected chi connectivity index (χ2v) is 6.80. The van der Waals surface area contributed by atoms with E-state index < -0.39 is 11.4 Å². The van der Waals surface area contributed by atoms with Gasteiger partial charge in [0, 0.05) is 47.6 Å². The van der Waals surface area contributed by atoms with Gasteiger partial charge in [0.05, 0.1) is 18.7 Å². The van der Waals surface area contributed by atoms with Gasteiger partial charge in [-0.15, -0.1) is 11.8 Å². The molecule has 1 N–H and O–H groups in total. The standard InChI is InChI=1S/C16H16N2O4S/c19-15-11-7-10(17-1-4-22-5-2-17)8-13-14(11)18(3-6-23-13)9-12(15)16(20)21/h7-9H,1-6H2,(H,20,21). The molecule has 4 rings (SSSR count). The fourth-order valence-electron chi connectivity index (χ4n) is 3.18. The molecule has 0 unspecified atom stereocenters. The first-order chi connectivity index (χ1) is 11.1. The third-order valence-corrected chi connectivity index (χ3v) is 5.33. The zero-order valence-electron chi connectivity index (χ0n) is 12.4. The average Bonchev–Trinajstić information content (AvgIpc) is 2.58. The van der Waals surface area contributed by atoms with E-state index in [1.807, 2.05) is 10.6 Å². The predicted molar refractivity (Wildman–Crippen MR) is 88.9 cm³/mol. The lowest BCUT2D eigenvalue weighted by atomic mass is 10.1. The lowest BCUT2D eigenvalue weighted by molar-refractivity contribution is 0.0695. The number of carboxylic acids is 1. The van der Waals surface area contributed by atoms with Crippen LogP contribution in [-0.2, 0) is 11.3 Å². The van der Waals surface area contributed by atoms with Crippen molar-refractivity contribution in [1.82, 2.24) is 4.57 Å². The molecule has 2 aromatic rings. The number of hydrogen-bond donors (Lipinski definition) is 1. The fourth-order valence-corrected chi connectivity index (χ4v) is 4.26. The molecular formula is C16H16N2O4S. The molecular weight excluding hydrogens is 316 g/mol. The van der Waals surface area contributed by atoms with Crippen LogP contribution in [-0.4, -0.2) is 47.7 Å². The van der Waals surface area contributed by atoms with Gasteiger partial charge in [-0.25, -0.2) is 4.79 Å². The summed E-state index contributed by atoms with van der Waals surface area (Å²) in [7, 11) is 0. The van der Waals surface area contributed by atoms with E-state index in [2.05, 4.69) is 11.0 Å². The highest BCUT2D eigenvalue weighted by atomic mass is 32.2. The normalized spacial score (nSPS) is 17.5. The van der Waals surface area contributed by atoms with Gasteiger partial charge >= 0.3 is 5.97 Å². The lowest BCUT2D eigenvalue weighted by Gasteiger charge is -2.30. The molecule has 1 aromatic carbocycles. The minimum Gasteiger partial charge on any atom is -0.477 e. The second kappa shape index (κ2) is 5.58. The first kappa shape index (κ1) is 14.6. The highest BCUT2D eigenvalue weighted by Gasteiger charge is 2.22. The number of pyridine rings is 1. The van der Waals surface area contributed by atoms with Crippen molar-refractivity contribution in [3.8, 4) is 0 Å². The zero-order valence-corrected chi connectivity index (χ0v) is 13.3. The summed E-state index contributed by atoms with van der Waals surface area (Å²) in [5, 5.41) is 9.80. The van der Waals surface area contributed by atoms with Crippen molar-refractivity contribution in [2.45, 2.75) is 11.4 Å². The number of rotatable bonds is 2. The molecule has 0 atom stereocenters. The van der Waals surface area contributed by atoms with E-state index in [1.54, 1.807) is 11.8 Å². The molecule has 120 valence electrons. The van der Waals surface area contributed by atoms with Crippen molar-refractivity contribution in [1.29, 1.82) is 0 Å². The van der Waals surface area contributed by atoms with Gasteiger partial charge in [-0.05, 0) is 12.1 Å². The number of ether oxygens (including phenoxy) is 1. The number of aromatic carboxylic acids is 1. The molecule has 0 amide bonds. The molecule has 2 aliphatic heterocycles. The van der Waals surface area contributed by atoms with Crippen molar-refractivity contribution in [2.75, 3.05) is 37.0 Å². The Morgan fingerprint density at radius 1 is 1.22 bits per heavy atom. The van der Waals surface area contributed by atoms with Crippen LogP contribution in [0.2, 0.25) is 0 Å². The lowest BCUT2D eigenvalue weighted by Crippen LogP contribution is -2.36. The average molecular weight is 332 g/mol. The highest BCUT2D eigenvalue weighted by Crippen LogP contribution is 2.35. The number of morpholine rings is 1. The second-order valence-electron chi connectivity index (χ2n) is 5.66. The van der Waals surface area contributed by atoms with Gasteiger partial charge in [-0.1, -0.05) is 0 Å². The first-order valence-electron chi connectivity index (χ1n) is 7.55. The Labute approximate surface area is 136 Å². The molecule has 0 radical (unpaired) electrons. The van der Waals surface area contributed by atoms with Crippen LogP contribution in [0.4, 0.5) is 5.69 Å². The molecule has 0 spiro atoms. The molecule has 1 saturated heterocycles. The van der Waals surface area contributed by atoms with E-state index in [9.17, 15) is 14.7 Å². The quantitative estimate of drug-likeness (QED) is 0.901. The Bertz CT molecular complexity index is 855. The number of carbonyl (C=O) groups is 1. The molecule has 3 heterocycles. The molecule has 0 aliphatic carbocycles. The maximum atomic E-state index is 12.6. The maximum Gasteiger partial charge on any atom is 0.341 e. The van der Waals surface area contributed by atoms with Crippen molar-refractivity contribution in [3.05, 3.63) is 34.1 Å². The molecule has 2 aliphatic rings.